The second-order valence-electron chi connectivity index (χ2n) is 7.17. The Hall–Kier alpha value is -1.44. The lowest BCUT2D eigenvalue weighted by molar-refractivity contribution is -0.138. The summed E-state index contributed by atoms with van der Waals surface area (Å²) in [5.74, 6) is 0.210. The first-order valence-electron chi connectivity index (χ1n) is 8.80. The summed E-state index contributed by atoms with van der Waals surface area (Å²) in [4.78, 5) is 14.6. The van der Waals surface area contributed by atoms with Gasteiger partial charge in [-0.3, -0.25) is 4.79 Å². The second-order valence-corrected chi connectivity index (χ2v) is 9.05. The van der Waals surface area contributed by atoms with Crippen LogP contribution in [-0.2, 0) is 14.8 Å². The number of amides is 1. The molecule has 2 fully saturated rings. The van der Waals surface area contributed by atoms with Crippen LogP contribution in [0.4, 0.5) is 0 Å². The van der Waals surface area contributed by atoms with E-state index in [0.29, 0.717) is 31.1 Å². The van der Waals surface area contributed by atoms with E-state index in [1.54, 1.807) is 4.90 Å². The van der Waals surface area contributed by atoms with Crippen molar-refractivity contribution in [1.82, 2.24) is 14.5 Å². The minimum Gasteiger partial charge on any atom is -0.340 e. The molecule has 0 aromatic heterocycles. The molecule has 7 heteroatoms. The monoisotopic (exact) mass is 365 g/mol. The van der Waals surface area contributed by atoms with Crippen LogP contribution in [0, 0.1) is 33.6 Å². The summed E-state index contributed by atoms with van der Waals surface area (Å²) in [6.07, 6.45) is 0. The number of hydrogen-bond acceptors (Lipinski definition) is 4. The molecule has 0 spiro atoms. The summed E-state index contributed by atoms with van der Waals surface area (Å²) in [5.41, 5.74) is 3.63. The van der Waals surface area contributed by atoms with Crippen LogP contribution in [0.15, 0.2) is 11.0 Å². The second kappa shape index (κ2) is 6.70. The van der Waals surface area contributed by atoms with Gasteiger partial charge in [0.25, 0.3) is 0 Å². The zero-order valence-corrected chi connectivity index (χ0v) is 16.2. The summed E-state index contributed by atoms with van der Waals surface area (Å²) in [6.45, 7) is 10.8. The number of nitrogens with zero attached hydrogens (tertiary/aromatic N) is 2. The maximum absolute atomic E-state index is 13.2. The van der Waals surface area contributed by atoms with Crippen molar-refractivity contribution < 1.29 is 13.2 Å². The molecule has 138 valence electrons. The minimum absolute atomic E-state index is 0.0621. The maximum atomic E-state index is 13.2. The summed E-state index contributed by atoms with van der Waals surface area (Å²) in [7, 11) is -3.55. The molecule has 6 nitrogen and oxygen atoms in total. The van der Waals surface area contributed by atoms with E-state index in [0.717, 1.165) is 35.3 Å². The Balaban J connectivity index is 1.80. The fourth-order valence-electron chi connectivity index (χ4n) is 3.57. The van der Waals surface area contributed by atoms with Crippen molar-refractivity contribution in [3.05, 3.63) is 28.3 Å². The number of carbonyl (C=O) groups is 1. The fourth-order valence-corrected chi connectivity index (χ4v) is 5.57. The van der Waals surface area contributed by atoms with Gasteiger partial charge in [-0.15, -0.1) is 0 Å². The quantitative estimate of drug-likeness (QED) is 0.867. The van der Waals surface area contributed by atoms with Crippen molar-refractivity contribution in [1.29, 1.82) is 0 Å². The molecule has 3 rings (SSSR count). The Labute approximate surface area is 150 Å². The zero-order valence-electron chi connectivity index (χ0n) is 15.4. The van der Waals surface area contributed by atoms with E-state index < -0.39 is 10.0 Å². The van der Waals surface area contributed by atoms with Crippen LogP contribution in [0.3, 0.4) is 0 Å². The van der Waals surface area contributed by atoms with E-state index >= 15 is 0 Å². The average Bonchev–Trinajstić information content (AvgIpc) is 2.51. The van der Waals surface area contributed by atoms with E-state index in [1.807, 2.05) is 33.8 Å². The molecule has 0 atom stereocenters. The summed E-state index contributed by atoms with van der Waals surface area (Å²) in [6, 6.07) is 2.03. The molecule has 2 aliphatic heterocycles. The van der Waals surface area contributed by atoms with Crippen LogP contribution in [0.1, 0.15) is 22.3 Å². The third-order valence-corrected chi connectivity index (χ3v) is 7.75. The predicted molar refractivity (Wildman–Crippen MR) is 97.1 cm³/mol. The largest absolute Gasteiger partial charge is 0.340 e. The summed E-state index contributed by atoms with van der Waals surface area (Å²) in [5, 5.41) is 3.10. The first kappa shape index (κ1) is 18.4. The SMILES string of the molecule is Cc1cc(C)c(C)c(S(=O)(=O)N2CCN(C(=O)C3CNC3)CC2)c1C. The van der Waals surface area contributed by atoms with Crippen LogP contribution < -0.4 is 5.32 Å². The number of benzene rings is 1. The standard InChI is InChI=1S/C18H27N3O3S/c1-12-9-13(2)15(4)17(14(12)3)25(23,24)21-7-5-20(6-8-21)18(22)16-10-19-11-16/h9,16,19H,5-8,10-11H2,1-4H3. The van der Waals surface area contributed by atoms with Gasteiger partial charge in [-0.05, 0) is 49.9 Å². The third kappa shape index (κ3) is 3.20. The third-order valence-electron chi connectivity index (χ3n) is 5.58. The van der Waals surface area contributed by atoms with Crippen LogP contribution >= 0.6 is 0 Å². The van der Waals surface area contributed by atoms with Crippen molar-refractivity contribution in [2.75, 3.05) is 39.3 Å². The Kier molecular flexibility index (Phi) is 4.92. The van der Waals surface area contributed by atoms with Crippen molar-refractivity contribution in [2.24, 2.45) is 5.92 Å². The van der Waals surface area contributed by atoms with Gasteiger partial charge < -0.3 is 10.2 Å². The molecule has 1 aromatic carbocycles. The number of rotatable bonds is 3. The maximum Gasteiger partial charge on any atom is 0.243 e. The lowest BCUT2D eigenvalue weighted by atomic mass is 10.0. The highest BCUT2D eigenvalue weighted by Crippen LogP contribution is 2.29. The van der Waals surface area contributed by atoms with Gasteiger partial charge in [0.05, 0.1) is 10.8 Å². The lowest BCUT2D eigenvalue weighted by Crippen LogP contribution is -2.57. The fraction of sp³-hybridized carbons (Fsp3) is 0.611. The molecule has 0 radical (unpaired) electrons. The van der Waals surface area contributed by atoms with Crippen LogP contribution in [-0.4, -0.2) is 62.8 Å². The normalized spacial score (nSPS) is 19.8. The van der Waals surface area contributed by atoms with E-state index in [9.17, 15) is 13.2 Å². The number of hydrogen-bond donors (Lipinski definition) is 1. The van der Waals surface area contributed by atoms with E-state index in [1.165, 1.54) is 4.31 Å². The number of sulfonamides is 1. The highest BCUT2D eigenvalue weighted by molar-refractivity contribution is 7.89. The summed E-state index contributed by atoms with van der Waals surface area (Å²) < 4.78 is 28.0. The molecule has 1 amide bonds. The number of nitrogens with one attached hydrogen (secondary N) is 1. The average molecular weight is 365 g/mol. The van der Waals surface area contributed by atoms with Gasteiger partial charge in [-0.2, -0.15) is 4.31 Å². The number of aryl methyl sites for hydroxylation is 2. The van der Waals surface area contributed by atoms with Gasteiger partial charge in [0.1, 0.15) is 0 Å². The van der Waals surface area contributed by atoms with Crippen LogP contribution in [0.2, 0.25) is 0 Å². The Bertz CT molecular complexity index is 766. The van der Waals surface area contributed by atoms with Gasteiger partial charge in [0.15, 0.2) is 0 Å². The lowest BCUT2D eigenvalue weighted by Gasteiger charge is -2.38. The van der Waals surface area contributed by atoms with Crippen LogP contribution in [0.5, 0.6) is 0 Å². The first-order chi connectivity index (χ1) is 11.7. The molecule has 0 saturated carbocycles. The topological polar surface area (TPSA) is 69.7 Å². The van der Waals surface area contributed by atoms with Gasteiger partial charge in [0, 0.05) is 39.3 Å². The molecule has 0 unspecified atom stereocenters. The van der Waals surface area contributed by atoms with Gasteiger partial charge >= 0.3 is 0 Å². The Morgan fingerprint density at radius 1 is 1.00 bits per heavy atom. The molecule has 2 aliphatic rings. The van der Waals surface area contributed by atoms with E-state index in [4.69, 9.17) is 0 Å². The summed E-state index contributed by atoms with van der Waals surface area (Å²) >= 11 is 0. The zero-order chi connectivity index (χ0) is 18.4. The highest BCUT2D eigenvalue weighted by Gasteiger charge is 2.35. The number of piperazine rings is 1. The van der Waals surface area contributed by atoms with Crippen molar-refractivity contribution in [3.8, 4) is 0 Å². The highest BCUT2D eigenvalue weighted by atomic mass is 32.2. The van der Waals surface area contributed by atoms with E-state index in [-0.39, 0.29) is 11.8 Å². The molecule has 1 aromatic rings. The smallest absolute Gasteiger partial charge is 0.243 e. The molecular formula is C18H27N3O3S. The molecule has 0 aliphatic carbocycles. The minimum atomic E-state index is -3.55. The number of carbonyl (C=O) groups excluding carboxylic acids is 1. The first-order valence-corrected chi connectivity index (χ1v) is 10.2. The van der Waals surface area contributed by atoms with Crippen LogP contribution in [0.25, 0.3) is 0 Å². The van der Waals surface area contributed by atoms with Crippen molar-refractivity contribution >= 4 is 15.9 Å². The van der Waals surface area contributed by atoms with Gasteiger partial charge in [-0.25, -0.2) is 8.42 Å². The molecule has 2 heterocycles. The van der Waals surface area contributed by atoms with Gasteiger partial charge in [-0.1, -0.05) is 6.07 Å². The molecule has 0 bridgehead atoms. The predicted octanol–water partition coefficient (Wildman–Crippen LogP) is 0.973. The molecule has 25 heavy (non-hydrogen) atoms. The molecular weight excluding hydrogens is 338 g/mol. The Morgan fingerprint density at radius 2 is 1.52 bits per heavy atom. The van der Waals surface area contributed by atoms with Crippen molar-refractivity contribution in [2.45, 2.75) is 32.6 Å². The van der Waals surface area contributed by atoms with E-state index in [2.05, 4.69) is 5.32 Å². The molecule has 2 saturated heterocycles. The molecule has 1 N–H and O–H groups in total. The van der Waals surface area contributed by atoms with Crippen molar-refractivity contribution in [3.63, 3.8) is 0 Å². The van der Waals surface area contributed by atoms with Gasteiger partial charge in [0.2, 0.25) is 15.9 Å². The Morgan fingerprint density at radius 3 is 1.96 bits per heavy atom.